The highest BCUT2D eigenvalue weighted by atomic mass is 35.5. The Labute approximate surface area is 123 Å². The van der Waals surface area contributed by atoms with E-state index in [-0.39, 0.29) is 36.3 Å². The fourth-order valence-electron chi connectivity index (χ4n) is 2.56. The molecule has 1 aliphatic heterocycles. The minimum absolute atomic E-state index is 0. The Bertz CT molecular complexity index is 470. The van der Waals surface area contributed by atoms with E-state index >= 15 is 0 Å². The topological polar surface area (TPSA) is 32.3 Å². The first-order valence-corrected chi connectivity index (χ1v) is 6.50. The molecule has 1 heterocycles. The summed E-state index contributed by atoms with van der Waals surface area (Å²) >= 11 is 0. The SMILES string of the molecule is CNCC1CCCN1C(=O)Cc1cccc(F)c1F.Cl. The van der Waals surface area contributed by atoms with Gasteiger partial charge in [-0.05, 0) is 26.0 Å². The zero-order valence-corrected chi connectivity index (χ0v) is 12.2. The van der Waals surface area contributed by atoms with E-state index in [2.05, 4.69) is 5.32 Å². The average Bonchev–Trinajstić information content (AvgIpc) is 2.84. The number of amides is 1. The summed E-state index contributed by atoms with van der Waals surface area (Å²) in [7, 11) is 1.84. The van der Waals surface area contributed by atoms with Gasteiger partial charge in [-0.25, -0.2) is 8.78 Å². The van der Waals surface area contributed by atoms with Crippen molar-refractivity contribution in [3.05, 3.63) is 35.4 Å². The van der Waals surface area contributed by atoms with E-state index in [4.69, 9.17) is 0 Å². The normalized spacial score (nSPS) is 17.9. The number of likely N-dealkylation sites (N-methyl/N-ethyl adjacent to an activating group) is 1. The van der Waals surface area contributed by atoms with Crippen LogP contribution in [-0.2, 0) is 11.2 Å². The molecule has 1 aromatic rings. The van der Waals surface area contributed by atoms with E-state index < -0.39 is 11.6 Å². The van der Waals surface area contributed by atoms with Crippen LogP contribution in [0, 0.1) is 11.6 Å². The maximum atomic E-state index is 13.5. The van der Waals surface area contributed by atoms with E-state index in [0.717, 1.165) is 25.5 Å². The van der Waals surface area contributed by atoms with Gasteiger partial charge in [-0.15, -0.1) is 12.4 Å². The molecule has 1 atom stereocenters. The van der Waals surface area contributed by atoms with Crippen molar-refractivity contribution in [2.45, 2.75) is 25.3 Å². The molecule has 1 fully saturated rings. The third-order valence-electron chi connectivity index (χ3n) is 3.51. The molecular formula is C14H19ClF2N2O. The Hall–Kier alpha value is -1.20. The number of hydrogen-bond acceptors (Lipinski definition) is 2. The molecule has 0 aromatic heterocycles. The van der Waals surface area contributed by atoms with Gasteiger partial charge >= 0.3 is 0 Å². The van der Waals surface area contributed by atoms with Gasteiger partial charge in [0, 0.05) is 24.7 Å². The maximum Gasteiger partial charge on any atom is 0.227 e. The van der Waals surface area contributed by atoms with E-state index in [1.165, 1.54) is 12.1 Å². The molecule has 0 aliphatic carbocycles. The third-order valence-corrected chi connectivity index (χ3v) is 3.51. The summed E-state index contributed by atoms with van der Waals surface area (Å²) in [5.74, 6) is -1.96. The molecule has 1 unspecified atom stereocenters. The van der Waals surface area contributed by atoms with Crippen LogP contribution in [0.3, 0.4) is 0 Å². The monoisotopic (exact) mass is 304 g/mol. The minimum atomic E-state index is -0.916. The van der Waals surface area contributed by atoms with Crippen LogP contribution in [0.2, 0.25) is 0 Å². The summed E-state index contributed by atoms with van der Waals surface area (Å²) in [6.45, 7) is 1.43. The highest BCUT2D eigenvalue weighted by Gasteiger charge is 2.28. The van der Waals surface area contributed by atoms with Crippen molar-refractivity contribution in [2.24, 2.45) is 0 Å². The number of carbonyl (C=O) groups excluding carboxylic acids is 1. The second-order valence-corrected chi connectivity index (χ2v) is 4.83. The molecule has 20 heavy (non-hydrogen) atoms. The summed E-state index contributed by atoms with van der Waals surface area (Å²) in [5, 5.41) is 3.05. The lowest BCUT2D eigenvalue weighted by Gasteiger charge is -2.24. The Morgan fingerprint density at radius 2 is 2.20 bits per heavy atom. The Kier molecular flexibility index (Phi) is 6.36. The minimum Gasteiger partial charge on any atom is -0.338 e. The largest absolute Gasteiger partial charge is 0.338 e. The fourth-order valence-corrected chi connectivity index (χ4v) is 2.56. The van der Waals surface area contributed by atoms with E-state index in [1.807, 2.05) is 7.05 Å². The average molecular weight is 305 g/mol. The molecule has 2 rings (SSSR count). The molecule has 1 aromatic carbocycles. The van der Waals surface area contributed by atoms with Gasteiger partial charge in [-0.1, -0.05) is 12.1 Å². The predicted molar refractivity (Wildman–Crippen MR) is 76.0 cm³/mol. The summed E-state index contributed by atoms with van der Waals surface area (Å²) in [4.78, 5) is 13.9. The number of carbonyl (C=O) groups is 1. The Balaban J connectivity index is 0.00000200. The van der Waals surface area contributed by atoms with Crippen molar-refractivity contribution < 1.29 is 13.6 Å². The molecule has 0 radical (unpaired) electrons. The second kappa shape index (κ2) is 7.55. The lowest BCUT2D eigenvalue weighted by atomic mass is 10.1. The van der Waals surface area contributed by atoms with Gasteiger partial charge in [0.25, 0.3) is 0 Å². The van der Waals surface area contributed by atoms with Gasteiger partial charge in [0.05, 0.1) is 6.42 Å². The molecule has 112 valence electrons. The first-order valence-electron chi connectivity index (χ1n) is 6.50. The quantitative estimate of drug-likeness (QED) is 0.924. The molecule has 1 saturated heterocycles. The summed E-state index contributed by atoms with van der Waals surface area (Å²) in [5.41, 5.74) is 0.125. The van der Waals surface area contributed by atoms with Crippen molar-refractivity contribution in [3.8, 4) is 0 Å². The molecule has 0 bridgehead atoms. The van der Waals surface area contributed by atoms with Gasteiger partial charge in [0.1, 0.15) is 0 Å². The smallest absolute Gasteiger partial charge is 0.227 e. The predicted octanol–water partition coefficient (Wildman–Crippen LogP) is 2.14. The van der Waals surface area contributed by atoms with Crippen molar-refractivity contribution in [2.75, 3.05) is 20.1 Å². The number of rotatable bonds is 4. The number of nitrogens with one attached hydrogen (secondary N) is 1. The summed E-state index contributed by atoms with van der Waals surface area (Å²) in [6, 6.07) is 4.10. The van der Waals surface area contributed by atoms with Crippen LogP contribution < -0.4 is 5.32 Å². The van der Waals surface area contributed by atoms with Crippen LogP contribution in [0.15, 0.2) is 18.2 Å². The van der Waals surface area contributed by atoms with Crippen LogP contribution in [0.25, 0.3) is 0 Å². The Morgan fingerprint density at radius 3 is 2.90 bits per heavy atom. The number of likely N-dealkylation sites (tertiary alicyclic amines) is 1. The highest BCUT2D eigenvalue weighted by molar-refractivity contribution is 5.85. The maximum absolute atomic E-state index is 13.5. The zero-order chi connectivity index (χ0) is 13.8. The van der Waals surface area contributed by atoms with Gasteiger partial charge in [0.15, 0.2) is 11.6 Å². The van der Waals surface area contributed by atoms with E-state index in [9.17, 15) is 13.6 Å². The number of hydrogen-bond donors (Lipinski definition) is 1. The number of halogens is 3. The molecular weight excluding hydrogens is 286 g/mol. The molecule has 3 nitrogen and oxygen atoms in total. The van der Waals surface area contributed by atoms with E-state index in [1.54, 1.807) is 4.90 Å². The van der Waals surface area contributed by atoms with Crippen LogP contribution in [0.5, 0.6) is 0 Å². The van der Waals surface area contributed by atoms with Gasteiger partial charge < -0.3 is 10.2 Å². The van der Waals surface area contributed by atoms with Gasteiger partial charge in [-0.2, -0.15) is 0 Å². The van der Waals surface area contributed by atoms with Crippen LogP contribution in [0.1, 0.15) is 18.4 Å². The van der Waals surface area contributed by atoms with Gasteiger partial charge in [-0.3, -0.25) is 4.79 Å². The van der Waals surface area contributed by atoms with E-state index in [0.29, 0.717) is 6.54 Å². The molecule has 6 heteroatoms. The zero-order valence-electron chi connectivity index (χ0n) is 11.4. The lowest BCUT2D eigenvalue weighted by molar-refractivity contribution is -0.131. The van der Waals surface area contributed by atoms with Crippen LogP contribution >= 0.6 is 12.4 Å². The summed E-state index contributed by atoms with van der Waals surface area (Å²) in [6.07, 6.45) is 1.84. The molecule has 1 aliphatic rings. The number of benzene rings is 1. The van der Waals surface area contributed by atoms with Crippen molar-refractivity contribution in [1.29, 1.82) is 0 Å². The molecule has 0 saturated carbocycles. The fraction of sp³-hybridized carbons (Fsp3) is 0.500. The van der Waals surface area contributed by atoms with Gasteiger partial charge in [0.2, 0.25) is 5.91 Å². The van der Waals surface area contributed by atoms with Crippen molar-refractivity contribution in [3.63, 3.8) is 0 Å². The summed E-state index contributed by atoms with van der Waals surface area (Å²) < 4.78 is 26.6. The van der Waals surface area contributed by atoms with Crippen LogP contribution in [0.4, 0.5) is 8.78 Å². The lowest BCUT2D eigenvalue weighted by Crippen LogP contribution is -2.41. The third kappa shape index (κ3) is 3.67. The van der Waals surface area contributed by atoms with Crippen molar-refractivity contribution >= 4 is 18.3 Å². The highest BCUT2D eigenvalue weighted by Crippen LogP contribution is 2.19. The Morgan fingerprint density at radius 1 is 1.45 bits per heavy atom. The van der Waals surface area contributed by atoms with Crippen molar-refractivity contribution in [1.82, 2.24) is 10.2 Å². The first kappa shape index (κ1) is 16.9. The molecule has 0 spiro atoms. The molecule has 1 amide bonds. The standard InChI is InChI=1S/C14H18F2N2O.ClH/c1-17-9-11-5-3-7-18(11)13(19)8-10-4-2-6-12(15)14(10)16;/h2,4,6,11,17H,3,5,7-9H2,1H3;1H. The molecule has 1 N–H and O–H groups in total. The second-order valence-electron chi connectivity index (χ2n) is 4.83. The number of nitrogens with zero attached hydrogens (tertiary/aromatic N) is 1. The van der Waals surface area contributed by atoms with Crippen LogP contribution in [-0.4, -0.2) is 37.0 Å². The first-order chi connectivity index (χ1) is 9.13.